The maximum atomic E-state index is 14.0. The predicted octanol–water partition coefficient (Wildman–Crippen LogP) is 10.4. The zero-order valence-corrected chi connectivity index (χ0v) is 27.1. The molecule has 0 spiro atoms. The molecule has 0 bridgehead atoms. The topological polar surface area (TPSA) is 54.0 Å². The first-order chi connectivity index (χ1) is 20.6. The number of benzene rings is 2. The van der Waals surface area contributed by atoms with E-state index in [-0.39, 0.29) is 5.78 Å². The number of aryl methyl sites for hydroxylation is 1. The Morgan fingerprint density at radius 3 is 1.62 bits per heavy atom. The highest BCUT2D eigenvalue weighted by Gasteiger charge is 2.22. The Kier molecular flexibility index (Phi) is 18.2. The van der Waals surface area contributed by atoms with Gasteiger partial charge in [-0.2, -0.15) is 0 Å². The number of rotatable bonds is 24. The molecular formula is C37H56O5. The number of ketones is 1. The van der Waals surface area contributed by atoms with Crippen molar-refractivity contribution >= 4 is 11.9 Å². The molecule has 0 unspecified atom stereocenters. The third-order valence-electron chi connectivity index (χ3n) is 7.24. The van der Waals surface area contributed by atoms with Crippen molar-refractivity contribution < 1.29 is 23.7 Å². The van der Waals surface area contributed by atoms with Crippen LogP contribution >= 0.6 is 0 Å². The largest absolute Gasteiger partial charge is 0.493 e. The minimum absolute atomic E-state index is 0.163. The van der Waals surface area contributed by atoms with Crippen molar-refractivity contribution in [1.82, 2.24) is 0 Å². The van der Waals surface area contributed by atoms with Crippen LogP contribution in [0.2, 0.25) is 0 Å². The lowest BCUT2D eigenvalue weighted by molar-refractivity contribution is 0.103. The van der Waals surface area contributed by atoms with Crippen LogP contribution in [0.5, 0.6) is 23.0 Å². The summed E-state index contributed by atoms with van der Waals surface area (Å²) in [6.07, 6.45) is 17.1. The summed E-state index contributed by atoms with van der Waals surface area (Å²) in [6, 6.07) is 9.98. The smallest absolute Gasteiger partial charge is 0.193 e. The Hall–Kier alpha value is -2.95. The van der Waals surface area contributed by atoms with E-state index < -0.39 is 0 Å². The van der Waals surface area contributed by atoms with Crippen LogP contribution in [0.4, 0.5) is 0 Å². The van der Waals surface area contributed by atoms with Crippen molar-refractivity contribution in [2.24, 2.45) is 0 Å². The second kappa shape index (κ2) is 21.7. The third-order valence-corrected chi connectivity index (χ3v) is 7.24. The monoisotopic (exact) mass is 580 g/mol. The van der Waals surface area contributed by atoms with Gasteiger partial charge >= 0.3 is 0 Å². The standard InChI is InChI=1S/C37H56O5/c1-6-11-15-25-39-33-22-19-30(10-5)29-31(33)20-21-32(38)36-34(40-26-16-12-7-2)23-24-35(41-27-17-13-8-3)37(36)42-28-18-14-9-4/h19-24,29H,6-18,25-28H2,1-5H3/b21-20+. The van der Waals surface area contributed by atoms with Crippen LogP contribution in [0.15, 0.2) is 36.4 Å². The first kappa shape index (κ1) is 35.2. The molecule has 0 N–H and O–H groups in total. The van der Waals surface area contributed by atoms with Gasteiger partial charge in [0.2, 0.25) is 0 Å². The zero-order chi connectivity index (χ0) is 30.4. The van der Waals surface area contributed by atoms with Crippen molar-refractivity contribution in [3.05, 3.63) is 53.1 Å². The molecule has 0 aromatic heterocycles. The molecule has 2 rings (SSSR count). The van der Waals surface area contributed by atoms with Crippen LogP contribution in [0.1, 0.15) is 133 Å². The zero-order valence-electron chi connectivity index (χ0n) is 27.1. The Morgan fingerprint density at radius 1 is 0.595 bits per heavy atom. The fourth-order valence-electron chi connectivity index (χ4n) is 4.61. The minimum atomic E-state index is -0.163. The van der Waals surface area contributed by atoms with Gasteiger partial charge in [0.25, 0.3) is 0 Å². The van der Waals surface area contributed by atoms with E-state index in [2.05, 4.69) is 46.8 Å². The molecule has 5 nitrogen and oxygen atoms in total. The van der Waals surface area contributed by atoms with Crippen molar-refractivity contribution in [1.29, 1.82) is 0 Å². The molecule has 0 fully saturated rings. The summed E-state index contributed by atoms with van der Waals surface area (Å²) in [5.74, 6) is 2.28. The lowest BCUT2D eigenvalue weighted by Crippen LogP contribution is -2.10. The maximum Gasteiger partial charge on any atom is 0.193 e. The first-order valence-corrected chi connectivity index (χ1v) is 16.6. The molecule has 234 valence electrons. The Bertz CT molecular complexity index is 1060. The number of allylic oxidation sites excluding steroid dienone is 1. The molecule has 2 aromatic carbocycles. The van der Waals surface area contributed by atoms with Gasteiger partial charge in [0.1, 0.15) is 17.1 Å². The summed E-state index contributed by atoms with van der Waals surface area (Å²) in [5, 5.41) is 0. The molecule has 2 aromatic rings. The molecule has 0 atom stereocenters. The lowest BCUT2D eigenvalue weighted by atomic mass is 10.0. The number of hydrogen-bond acceptors (Lipinski definition) is 5. The molecule has 42 heavy (non-hydrogen) atoms. The van der Waals surface area contributed by atoms with Gasteiger partial charge in [-0.05, 0) is 74.1 Å². The lowest BCUT2D eigenvalue weighted by Gasteiger charge is -2.19. The van der Waals surface area contributed by atoms with Crippen molar-refractivity contribution in [2.75, 3.05) is 26.4 Å². The summed E-state index contributed by atoms with van der Waals surface area (Å²) >= 11 is 0. The van der Waals surface area contributed by atoms with Gasteiger partial charge in [-0.25, -0.2) is 0 Å². The van der Waals surface area contributed by atoms with Crippen molar-refractivity contribution in [3.63, 3.8) is 0 Å². The summed E-state index contributed by atoms with van der Waals surface area (Å²) in [6.45, 7) is 13.2. The highest BCUT2D eigenvalue weighted by Crippen LogP contribution is 2.39. The summed E-state index contributed by atoms with van der Waals surface area (Å²) in [5.41, 5.74) is 2.54. The predicted molar refractivity (Wildman–Crippen MR) is 176 cm³/mol. The van der Waals surface area contributed by atoms with E-state index in [1.54, 1.807) is 6.08 Å². The van der Waals surface area contributed by atoms with Gasteiger partial charge in [0.05, 0.1) is 26.4 Å². The molecule has 0 saturated carbocycles. The van der Waals surface area contributed by atoms with E-state index in [1.165, 1.54) is 5.56 Å². The normalized spacial score (nSPS) is 11.2. The van der Waals surface area contributed by atoms with Crippen LogP contribution in [-0.4, -0.2) is 32.2 Å². The van der Waals surface area contributed by atoms with E-state index in [1.807, 2.05) is 24.3 Å². The van der Waals surface area contributed by atoms with Crippen LogP contribution < -0.4 is 18.9 Å². The first-order valence-electron chi connectivity index (χ1n) is 16.6. The van der Waals surface area contributed by atoms with E-state index in [0.29, 0.717) is 49.2 Å². The van der Waals surface area contributed by atoms with E-state index in [0.717, 1.165) is 94.8 Å². The van der Waals surface area contributed by atoms with E-state index in [4.69, 9.17) is 18.9 Å². The van der Waals surface area contributed by atoms with E-state index in [9.17, 15) is 4.79 Å². The summed E-state index contributed by atoms with van der Waals surface area (Å²) in [7, 11) is 0. The molecule has 0 aliphatic carbocycles. The number of carbonyl (C=O) groups is 1. The fraction of sp³-hybridized carbons (Fsp3) is 0.595. The van der Waals surface area contributed by atoms with Crippen LogP contribution in [-0.2, 0) is 6.42 Å². The average Bonchev–Trinajstić information content (AvgIpc) is 3.01. The number of ether oxygens (including phenoxy) is 4. The Balaban J connectivity index is 2.46. The van der Waals surface area contributed by atoms with Gasteiger partial charge in [-0.1, -0.05) is 92.1 Å². The van der Waals surface area contributed by atoms with Crippen LogP contribution in [0.25, 0.3) is 6.08 Å². The van der Waals surface area contributed by atoms with Crippen molar-refractivity contribution in [3.8, 4) is 23.0 Å². The molecule has 0 amide bonds. The number of unbranched alkanes of at least 4 members (excludes halogenated alkanes) is 8. The third kappa shape index (κ3) is 12.5. The molecule has 5 heteroatoms. The molecule has 0 heterocycles. The summed E-state index contributed by atoms with van der Waals surface area (Å²) < 4.78 is 24.8. The van der Waals surface area contributed by atoms with Gasteiger partial charge < -0.3 is 18.9 Å². The number of hydrogen-bond donors (Lipinski definition) is 0. The fourth-order valence-corrected chi connectivity index (χ4v) is 4.61. The average molecular weight is 581 g/mol. The van der Waals surface area contributed by atoms with Gasteiger partial charge in [-0.15, -0.1) is 0 Å². The Morgan fingerprint density at radius 2 is 1.07 bits per heavy atom. The molecule has 0 aliphatic heterocycles. The van der Waals surface area contributed by atoms with Gasteiger partial charge in [0, 0.05) is 5.56 Å². The molecule has 0 radical (unpaired) electrons. The second-order valence-electron chi connectivity index (χ2n) is 10.9. The molecule has 0 aliphatic rings. The van der Waals surface area contributed by atoms with Gasteiger partial charge in [-0.3, -0.25) is 4.79 Å². The Labute approximate surface area is 256 Å². The summed E-state index contributed by atoms with van der Waals surface area (Å²) in [4.78, 5) is 14.0. The SMILES string of the molecule is CCCCCOc1ccc(CC)cc1/C=C/C(=O)c1c(OCCCCC)ccc(OCCCCC)c1OCCCCC. The van der Waals surface area contributed by atoms with Crippen LogP contribution in [0.3, 0.4) is 0 Å². The second-order valence-corrected chi connectivity index (χ2v) is 10.9. The highest BCUT2D eigenvalue weighted by molar-refractivity contribution is 6.11. The van der Waals surface area contributed by atoms with Crippen LogP contribution in [0, 0.1) is 0 Å². The maximum absolute atomic E-state index is 14.0. The van der Waals surface area contributed by atoms with Gasteiger partial charge in [0.15, 0.2) is 17.3 Å². The minimum Gasteiger partial charge on any atom is -0.493 e. The van der Waals surface area contributed by atoms with Crippen molar-refractivity contribution in [2.45, 2.75) is 118 Å². The molecular weight excluding hydrogens is 524 g/mol. The number of carbonyl (C=O) groups excluding carboxylic acids is 1. The highest BCUT2D eigenvalue weighted by atomic mass is 16.5. The van der Waals surface area contributed by atoms with E-state index >= 15 is 0 Å². The quantitative estimate of drug-likeness (QED) is 0.0702. The molecule has 0 saturated heterocycles.